The van der Waals surface area contributed by atoms with Crippen LogP contribution in [0.15, 0.2) is 24.4 Å². The predicted molar refractivity (Wildman–Crippen MR) is 160 cm³/mol. The number of alkyl halides is 3. The van der Waals surface area contributed by atoms with Gasteiger partial charge < -0.3 is 24.8 Å². The minimum absolute atomic E-state index is 0.0133. The van der Waals surface area contributed by atoms with E-state index in [1.807, 2.05) is 0 Å². The number of hydrogen-bond donors (Lipinski definition) is 1. The minimum Gasteiger partial charge on any atom is -0.461 e. The molecule has 2 aromatic carbocycles. The van der Waals surface area contributed by atoms with E-state index in [-0.39, 0.29) is 67.0 Å². The predicted octanol–water partition coefficient (Wildman–Crippen LogP) is 5.28. The summed E-state index contributed by atoms with van der Waals surface area (Å²) in [5, 5.41) is -0.714. The fourth-order valence-electron chi connectivity index (χ4n) is 7.36. The molecular formula is C32H30F6N6O3. The van der Waals surface area contributed by atoms with Crippen molar-refractivity contribution in [1.29, 1.82) is 0 Å². The zero-order valence-electron chi connectivity index (χ0n) is 28.6. The van der Waals surface area contributed by atoms with E-state index in [1.54, 1.807) is 9.80 Å². The van der Waals surface area contributed by atoms with E-state index in [2.05, 4.69) is 19.7 Å². The number of halogens is 6. The smallest absolute Gasteiger partial charge is 0.319 e. The number of ether oxygens (including phenoxy) is 3. The molecule has 0 bridgehead atoms. The molecule has 5 atom stereocenters. The largest absolute Gasteiger partial charge is 0.461 e. The van der Waals surface area contributed by atoms with Crippen molar-refractivity contribution in [2.45, 2.75) is 43.2 Å². The van der Waals surface area contributed by atoms with Gasteiger partial charge in [0.2, 0.25) is 12.6 Å². The lowest BCUT2D eigenvalue weighted by Crippen LogP contribution is -2.43. The lowest BCUT2D eigenvalue weighted by Gasteiger charge is -2.31. The summed E-state index contributed by atoms with van der Waals surface area (Å²) < 4.78 is 139. The van der Waals surface area contributed by atoms with Crippen molar-refractivity contribution in [2.24, 2.45) is 5.92 Å². The molecule has 4 aromatic rings. The van der Waals surface area contributed by atoms with Gasteiger partial charge in [-0.1, -0.05) is 0 Å². The Morgan fingerprint density at radius 3 is 2.79 bits per heavy atom. The van der Waals surface area contributed by atoms with Gasteiger partial charge >= 0.3 is 6.01 Å². The second-order valence-corrected chi connectivity index (χ2v) is 12.3. The average Bonchev–Trinajstić information content (AvgIpc) is 3.40. The lowest BCUT2D eigenvalue weighted by atomic mass is 9.95. The molecule has 3 saturated heterocycles. The maximum Gasteiger partial charge on any atom is 0.319 e. The molecule has 2 N–H and O–H groups in total. The number of nitrogens with zero attached hydrogens (tertiary/aromatic N) is 5. The maximum atomic E-state index is 17.0. The van der Waals surface area contributed by atoms with Crippen molar-refractivity contribution in [2.75, 3.05) is 56.9 Å². The van der Waals surface area contributed by atoms with E-state index < -0.39 is 89.0 Å². The molecular weight excluding hydrogens is 630 g/mol. The van der Waals surface area contributed by atoms with Crippen LogP contribution in [0.4, 0.5) is 37.8 Å². The Labute approximate surface area is 270 Å². The van der Waals surface area contributed by atoms with Crippen LogP contribution in [0, 0.1) is 23.4 Å². The summed E-state index contributed by atoms with van der Waals surface area (Å²) in [5.74, 6) is -6.26. The van der Waals surface area contributed by atoms with Crippen LogP contribution in [-0.4, -0.2) is 90.0 Å². The third kappa shape index (κ3) is 4.88. The van der Waals surface area contributed by atoms with Gasteiger partial charge in [-0.2, -0.15) is 14.4 Å². The Morgan fingerprint density at radius 1 is 1.11 bits per heavy atom. The first-order valence-corrected chi connectivity index (χ1v) is 15.1. The highest BCUT2D eigenvalue weighted by atomic mass is 19.2. The number of fused-ring (bicyclic) bond motifs is 4. The first kappa shape index (κ1) is 25.9. The van der Waals surface area contributed by atoms with Crippen LogP contribution in [0.25, 0.3) is 32.9 Å². The standard InChI is InChI=1S/C32H30F6N6O3/c33-14-47-29-22-15(7-21(35)24(29)37)6-17(39)8-18(22)26-25(38)27-19(10-40-26)30(44-4-5-45-12-20-23(36)28(20)44)42-31(41-27)46-13-32-2-1-3-43(32)11-16(34)9-32/h6-8,10,16,20,23,28H,1-5,9,11-14,39H2/t16-,20+,23+,28+,32+/m1/s1/i13D2,14D2. The maximum absolute atomic E-state index is 17.0. The molecule has 1 aliphatic carbocycles. The first-order valence-electron chi connectivity index (χ1n) is 17.1. The lowest BCUT2D eigenvalue weighted by molar-refractivity contribution is 0.107. The molecule has 8 rings (SSSR count). The van der Waals surface area contributed by atoms with Crippen LogP contribution in [0.1, 0.15) is 24.7 Å². The molecule has 0 radical (unpaired) electrons. The summed E-state index contributed by atoms with van der Waals surface area (Å²) in [6.07, 6.45) is -0.753. The number of rotatable bonds is 7. The molecule has 15 heteroatoms. The molecule has 3 aliphatic heterocycles. The summed E-state index contributed by atoms with van der Waals surface area (Å²) in [4.78, 5) is 16.1. The van der Waals surface area contributed by atoms with Gasteiger partial charge in [-0.05, 0) is 43.0 Å². The molecule has 0 amide bonds. The third-order valence-electron chi connectivity index (χ3n) is 9.53. The highest BCUT2D eigenvalue weighted by molar-refractivity contribution is 6.04. The fourth-order valence-corrected chi connectivity index (χ4v) is 7.36. The zero-order chi connectivity index (χ0) is 36.2. The third-order valence-corrected chi connectivity index (χ3v) is 9.53. The van der Waals surface area contributed by atoms with Crippen molar-refractivity contribution in [3.05, 3.63) is 41.8 Å². The first-order chi connectivity index (χ1) is 24.1. The average molecular weight is 665 g/mol. The molecule has 5 heterocycles. The van der Waals surface area contributed by atoms with Crippen LogP contribution in [0.5, 0.6) is 11.8 Å². The van der Waals surface area contributed by atoms with Gasteiger partial charge in [0.1, 0.15) is 38.7 Å². The number of hydrogen-bond acceptors (Lipinski definition) is 9. The summed E-state index contributed by atoms with van der Waals surface area (Å²) in [6.45, 7) is -5.69. The zero-order valence-corrected chi connectivity index (χ0v) is 24.6. The van der Waals surface area contributed by atoms with Gasteiger partial charge in [-0.15, -0.1) is 0 Å². The van der Waals surface area contributed by atoms with E-state index in [9.17, 15) is 13.2 Å². The Hall–Kier alpha value is -4.11. The van der Waals surface area contributed by atoms with Crippen LogP contribution < -0.4 is 20.1 Å². The van der Waals surface area contributed by atoms with Crippen molar-refractivity contribution >= 4 is 33.2 Å². The molecule has 0 spiro atoms. The molecule has 2 aromatic heterocycles. The van der Waals surface area contributed by atoms with E-state index in [0.29, 0.717) is 19.0 Å². The highest BCUT2D eigenvalue weighted by Gasteiger charge is 2.56. The number of nitrogen functional groups attached to an aromatic ring is 1. The number of benzene rings is 2. The van der Waals surface area contributed by atoms with Gasteiger partial charge in [0.05, 0.1) is 32.9 Å². The van der Waals surface area contributed by atoms with Gasteiger partial charge in [0.15, 0.2) is 17.4 Å². The fraction of sp³-hybridized carbons (Fsp3) is 0.469. The van der Waals surface area contributed by atoms with Gasteiger partial charge in [-0.3, -0.25) is 9.88 Å². The van der Waals surface area contributed by atoms with E-state index in [4.69, 9.17) is 20.7 Å². The molecule has 0 unspecified atom stereocenters. The van der Waals surface area contributed by atoms with Gasteiger partial charge in [-0.25, -0.2) is 22.0 Å². The monoisotopic (exact) mass is 664 g/mol. The molecule has 4 aliphatic rings. The molecule has 4 fully saturated rings. The van der Waals surface area contributed by atoms with Crippen LogP contribution in [0.2, 0.25) is 0 Å². The van der Waals surface area contributed by atoms with E-state index >= 15 is 13.2 Å². The van der Waals surface area contributed by atoms with Crippen LogP contribution >= 0.6 is 0 Å². The Bertz CT molecular complexity index is 2080. The molecule has 47 heavy (non-hydrogen) atoms. The van der Waals surface area contributed by atoms with Crippen LogP contribution in [-0.2, 0) is 4.74 Å². The van der Waals surface area contributed by atoms with Crippen LogP contribution in [0.3, 0.4) is 0 Å². The SMILES string of the molecule is [2H]C([2H])(F)Oc1c(F)c(F)cc2cc(N)cc(-c3ncc4c(N5CCOC[C@H]6[C@H](F)[C@H]65)nc(OC([2H])([2H])[C@@]56CCCN5C[C@H](F)C6)nc4c3F)c12. The molecule has 9 nitrogen and oxygen atoms in total. The molecule has 1 saturated carbocycles. The normalized spacial score (nSPS) is 29.1. The molecule has 248 valence electrons. The Kier molecular flexibility index (Phi) is 6.21. The number of anilines is 2. The number of nitrogens with two attached hydrogens (primary N) is 1. The Balaban J connectivity index is 1.33. The van der Waals surface area contributed by atoms with Crippen molar-refractivity contribution in [3.63, 3.8) is 0 Å². The summed E-state index contributed by atoms with van der Waals surface area (Å²) in [7, 11) is 0. The second kappa shape index (κ2) is 11.3. The Morgan fingerprint density at radius 2 is 1.96 bits per heavy atom. The quantitative estimate of drug-likeness (QED) is 0.209. The second-order valence-electron chi connectivity index (χ2n) is 12.3. The van der Waals surface area contributed by atoms with Gasteiger partial charge in [0, 0.05) is 48.3 Å². The van der Waals surface area contributed by atoms with Crippen molar-refractivity contribution < 1.29 is 46.0 Å². The number of pyridine rings is 1. The summed E-state index contributed by atoms with van der Waals surface area (Å²) in [6, 6.07) is 1.62. The van der Waals surface area contributed by atoms with Crippen molar-refractivity contribution in [1.82, 2.24) is 19.9 Å². The topological polar surface area (TPSA) is 98.9 Å². The summed E-state index contributed by atoms with van der Waals surface area (Å²) >= 11 is 0. The van der Waals surface area contributed by atoms with E-state index in [0.717, 1.165) is 18.3 Å². The highest BCUT2D eigenvalue weighted by Crippen LogP contribution is 2.46. The van der Waals surface area contributed by atoms with Crippen molar-refractivity contribution in [3.8, 4) is 23.0 Å². The summed E-state index contributed by atoms with van der Waals surface area (Å²) in [5.41, 5.74) is 3.17. The van der Waals surface area contributed by atoms with E-state index in [1.165, 1.54) is 0 Å². The minimum atomic E-state index is -3.98. The number of aromatic nitrogens is 3. The van der Waals surface area contributed by atoms with Gasteiger partial charge in [0.25, 0.3) is 0 Å².